The van der Waals surface area contributed by atoms with Gasteiger partial charge in [0.2, 0.25) is 0 Å². The van der Waals surface area contributed by atoms with E-state index in [9.17, 15) is 9.18 Å². The summed E-state index contributed by atoms with van der Waals surface area (Å²) in [5, 5.41) is 9.09. The lowest BCUT2D eigenvalue weighted by atomic mass is 10.2. The summed E-state index contributed by atoms with van der Waals surface area (Å²) in [6, 6.07) is 11.0. The smallest absolute Gasteiger partial charge is 0.335 e. The molecule has 1 heterocycles. The van der Waals surface area contributed by atoms with E-state index in [-0.39, 0.29) is 10.5 Å². The molecule has 3 rings (SSSR count). The highest BCUT2D eigenvalue weighted by atomic mass is 32.2. The monoisotopic (exact) mass is 289 g/mol. The van der Waals surface area contributed by atoms with Crippen LogP contribution in [0.4, 0.5) is 4.39 Å². The fourth-order valence-corrected chi connectivity index (χ4v) is 2.46. The van der Waals surface area contributed by atoms with Crippen molar-refractivity contribution in [3.8, 4) is 0 Å². The Hall–Kier alpha value is -2.34. The number of para-hydroxylation sites is 2. The van der Waals surface area contributed by atoms with Crippen molar-refractivity contribution in [2.75, 3.05) is 0 Å². The standard InChI is InChI=1S/C14H8FNO3S/c15-9-7-8(13(17)18)5-6-12(9)20-14-16-10-3-1-2-4-11(10)19-14/h1-7H,(H,17,18). The minimum atomic E-state index is -1.16. The Balaban J connectivity index is 1.92. The van der Waals surface area contributed by atoms with Crippen molar-refractivity contribution in [2.24, 2.45) is 0 Å². The fraction of sp³-hybridized carbons (Fsp3) is 0. The maximum absolute atomic E-state index is 13.8. The molecule has 0 amide bonds. The molecule has 0 saturated heterocycles. The van der Waals surface area contributed by atoms with Crippen LogP contribution in [0.2, 0.25) is 0 Å². The number of rotatable bonds is 3. The Kier molecular flexibility index (Phi) is 3.15. The molecule has 20 heavy (non-hydrogen) atoms. The Bertz CT molecular complexity index is 767. The lowest BCUT2D eigenvalue weighted by Gasteiger charge is -2.00. The molecule has 6 heteroatoms. The van der Waals surface area contributed by atoms with Crippen LogP contribution in [-0.2, 0) is 0 Å². The second kappa shape index (κ2) is 4.97. The molecule has 4 nitrogen and oxygen atoms in total. The van der Waals surface area contributed by atoms with Gasteiger partial charge in [0.1, 0.15) is 11.3 Å². The molecule has 1 aromatic heterocycles. The predicted molar refractivity (Wildman–Crippen MR) is 71.5 cm³/mol. The third-order valence-corrected chi connectivity index (χ3v) is 3.55. The maximum Gasteiger partial charge on any atom is 0.335 e. The number of fused-ring (bicyclic) bond motifs is 1. The second-order valence-electron chi connectivity index (χ2n) is 4.00. The predicted octanol–water partition coefficient (Wildman–Crippen LogP) is 3.82. The normalized spacial score (nSPS) is 10.8. The minimum Gasteiger partial charge on any atom is -0.478 e. The van der Waals surface area contributed by atoms with Crippen LogP contribution in [-0.4, -0.2) is 16.1 Å². The molecule has 3 aromatic rings. The van der Waals surface area contributed by atoms with Gasteiger partial charge in [0.05, 0.1) is 10.5 Å². The summed E-state index contributed by atoms with van der Waals surface area (Å²) < 4.78 is 19.3. The molecule has 2 aromatic carbocycles. The van der Waals surface area contributed by atoms with Gasteiger partial charge >= 0.3 is 5.97 Å². The number of hydrogen-bond donors (Lipinski definition) is 1. The Morgan fingerprint density at radius 2 is 2.05 bits per heavy atom. The molecule has 0 bridgehead atoms. The zero-order valence-corrected chi connectivity index (χ0v) is 10.9. The third kappa shape index (κ3) is 2.37. The van der Waals surface area contributed by atoms with E-state index in [2.05, 4.69) is 4.98 Å². The molecular formula is C14H8FNO3S. The SMILES string of the molecule is O=C(O)c1ccc(Sc2nc3ccccc3o2)c(F)c1. The van der Waals surface area contributed by atoms with Crippen molar-refractivity contribution >= 4 is 28.8 Å². The summed E-state index contributed by atoms with van der Waals surface area (Å²) in [6.07, 6.45) is 0. The van der Waals surface area contributed by atoms with E-state index in [4.69, 9.17) is 9.52 Å². The van der Waals surface area contributed by atoms with Crippen LogP contribution in [0.3, 0.4) is 0 Å². The lowest BCUT2D eigenvalue weighted by Crippen LogP contribution is -1.97. The van der Waals surface area contributed by atoms with Crippen LogP contribution in [0.1, 0.15) is 10.4 Å². The highest BCUT2D eigenvalue weighted by Crippen LogP contribution is 2.31. The number of halogens is 1. The Morgan fingerprint density at radius 3 is 2.75 bits per heavy atom. The largest absolute Gasteiger partial charge is 0.478 e. The first kappa shape index (κ1) is 12.7. The first-order valence-electron chi connectivity index (χ1n) is 5.70. The molecular weight excluding hydrogens is 281 g/mol. The first-order valence-corrected chi connectivity index (χ1v) is 6.51. The molecule has 0 aliphatic heterocycles. The van der Waals surface area contributed by atoms with Crippen molar-refractivity contribution < 1.29 is 18.7 Å². The average molecular weight is 289 g/mol. The molecule has 1 N–H and O–H groups in total. The Morgan fingerprint density at radius 1 is 1.25 bits per heavy atom. The summed E-state index contributed by atoms with van der Waals surface area (Å²) in [6.45, 7) is 0. The molecule has 0 aliphatic rings. The first-order chi connectivity index (χ1) is 9.63. The highest BCUT2D eigenvalue weighted by molar-refractivity contribution is 7.99. The number of hydrogen-bond acceptors (Lipinski definition) is 4. The van der Waals surface area contributed by atoms with Crippen LogP contribution in [0.25, 0.3) is 11.1 Å². The molecule has 0 fully saturated rings. The number of aromatic carboxylic acids is 1. The van der Waals surface area contributed by atoms with Gasteiger partial charge in [-0.2, -0.15) is 0 Å². The van der Waals surface area contributed by atoms with Gasteiger partial charge in [-0.15, -0.1) is 0 Å². The number of nitrogens with zero attached hydrogens (tertiary/aromatic N) is 1. The van der Waals surface area contributed by atoms with Crippen LogP contribution in [0, 0.1) is 5.82 Å². The highest BCUT2D eigenvalue weighted by Gasteiger charge is 2.12. The number of carboxylic acids is 1. The van der Waals surface area contributed by atoms with Gasteiger partial charge in [-0.05, 0) is 42.1 Å². The summed E-state index contributed by atoms with van der Waals surface area (Å²) in [5.74, 6) is -1.78. The van der Waals surface area contributed by atoms with E-state index in [0.29, 0.717) is 16.3 Å². The van der Waals surface area contributed by atoms with Crippen LogP contribution < -0.4 is 0 Å². The van der Waals surface area contributed by atoms with E-state index in [1.54, 1.807) is 12.1 Å². The van der Waals surface area contributed by atoms with E-state index >= 15 is 0 Å². The fourth-order valence-electron chi connectivity index (χ4n) is 1.71. The van der Waals surface area contributed by atoms with Crippen molar-refractivity contribution in [2.45, 2.75) is 10.1 Å². The molecule has 100 valence electrons. The van der Waals surface area contributed by atoms with Gasteiger partial charge in [0.15, 0.2) is 5.58 Å². The average Bonchev–Trinajstić information content (AvgIpc) is 2.83. The van der Waals surface area contributed by atoms with Gasteiger partial charge in [-0.3, -0.25) is 0 Å². The van der Waals surface area contributed by atoms with Gasteiger partial charge in [-0.1, -0.05) is 12.1 Å². The summed E-state index contributed by atoms with van der Waals surface area (Å²) in [7, 11) is 0. The second-order valence-corrected chi connectivity index (χ2v) is 4.99. The third-order valence-electron chi connectivity index (χ3n) is 2.65. The van der Waals surface area contributed by atoms with Gasteiger partial charge < -0.3 is 9.52 Å². The molecule has 0 saturated carbocycles. The quantitative estimate of drug-likeness (QED) is 0.794. The van der Waals surface area contributed by atoms with Gasteiger partial charge in [0.25, 0.3) is 5.22 Å². The van der Waals surface area contributed by atoms with Crippen molar-refractivity contribution in [1.29, 1.82) is 0 Å². The number of carbonyl (C=O) groups is 1. The van der Waals surface area contributed by atoms with E-state index < -0.39 is 11.8 Å². The van der Waals surface area contributed by atoms with Gasteiger partial charge in [0, 0.05) is 0 Å². The molecule has 0 unspecified atom stereocenters. The minimum absolute atomic E-state index is 0.0931. The van der Waals surface area contributed by atoms with Crippen molar-refractivity contribution in [1.82, 2.24) is 4.98 Å². The summed E-state index contributed by atoms with van der Waals surface area (Å²) >= 11 is 1.01. The van der Waals surface area contributed by atoms with Gasteiger partial charge in [-0.25, -0.2) is 14.2 Å². The molecule has 0 radical (unpaired) electrons. The number of benzene rings is 2. The number of oxazole rings is 1. The number of aromatic nitrogens is 1. The van der Waals surface area contributed by atoms with E-state index in [1.165, 1.54) is 12.1 Å². The molecule has 0 atom stereocenters. The van der Waals surface area contributed by atoms with Crippen LogP contribution >= 0.6 is 11.8 Å². The number of carboxylic acid groups (broad SMARTS) is 1. The van der Waals surface area contributed by atoms with Crippen LogP contribution in [0.15, 0.2) is 57.0 Å². The summed E-state index contributed by atoms with van der Waals surface area (Å²) in [5.41, 5.74) is 1.22. The van der Waals surface area contributed by atoms with Crippen molar-refractivity contribution in [3.05, 3.63) is 53.8 Å². The van der Waals surface area contributed by atoms with E-state index in [0.717, 1.165) is 17.8 Å². The van der Waals surface area contributed by atoms with Crippen molar-refractivity contribution in [3.63, 3.8) is 0 Å². The lowest BCUT2D eigenvalue weighted by molar-refractivity contribution is 0.0696. The Labute approximate surface area is 117 Å². The van der Waals surface area contributed by atoms with E-state index in [1.807, 2.05) is 12.1 Å². The molecule has 0 spiro atoms. The topological polar surface area (TPSA) is 63.3 Å². The maximum atomic E-state index is 13.8. The summed E-state index contributed by atoms with van der Waals surface area (Å²) in [4.78, 5) is 15.2. The zero-order valence-electron chi connectivity index (χ0n) is 10.0. The molecule has 0 aliphatic carbocycles. The van der Waals surface area contributed by atoms with Crippen LogP contribution in [0.5, 0.6) is 0 Å². The zero-order chi connectivity index (χ0) is 14.1.